The van der Waals surface area contributed by atoms with E-state index in [0.717, 1.165) is 34.6 Å². The molecule has 14 nitrogen and oxygen atoms in total. The summed E-state index contributed by atoms with van der Waals surface area (Å²) >= 11 is 5.24. The standard InChI is InChI=1S/C12H4F6O8.C12H12F6.C12H3F3O6.C10H12I2.CF3I/c13-11(14,15)5-1(7(19)20)2(8(21)22)6(12(16,17)18)4(10(25)26)3(5)9(23)24;1-5-6(2)10(12(16,17)18)8(4)7(3)9(5)11(13,14)15;1-2-3-5(10(18)20-8(3)16)7(12(13,14)15)6-4(2)9(17)21-11(6)19;1-5-6(2)10(12)8(4)7(3)9(5)11;2-1(3,4)5/h(H,19,20)(H,21,22)(H,23,24)(H,25,26);1-4H3;1H3;1-4H3;. The fourth-order valence-corrected chi connectivity index (χ4v) is 9.62. The van der Waals surface area contributed by atoms with Crippen molar-refractivity contribution in [3.63, 3.8) is 0 Å². The number of carbonyl (C=O) groups is 4. The number of benzene rings is 4. The molecular weight excluding hydrogens is 1510 g/mol. The van der Waals surface area contributed by atoms with Crippen LogP contribution >= 0.6 is 67.8 Å². The molecule has 0 aliphatic carbocycles. The average Bonchev–Trinajstić information content (AvgIpc) is 3.75. The fourth-order valence-electron chi connectivity index (χ4n) is 8.01. The number of carboxylic acid groups (broad SMARTS) is 4. The molecule has 0 saturated carbocycles. The Morgan fingerprint density at radius 2 is 0.488 bits per heavy atom. The zero-order valence-electron chi connectivity index (χ0n) is 41.8. The third kappa shape index (κ3) is 15.4. The molecule has 0 aliphatic rings. The molecule has 0 bridgehead atoms. The molecule has 2 heterocycles. The van der Waals surface area contributed by atoms with E-state index in [9.17, 15) is 117 Å². The Hall–Kier alpha value is -6.03. The van der Waals surface area contributed by atoms with Crippen LogP contribution in [0.1, 0.15) is 119 Å². The van der Waals surface area contributed by atoms with Crippen LogP contribution in [-0.2, 0) is 30.9 Å². The number of hydrogen-bond donors (Lipinski definition) is 4. The summed E-state index contributed by atoms with van der Waals surface area (Å²) in [6, 6.07) is 0. The monoisotopic (exact) mass is 1540 g/mol. The van der Waals surface area contributed by atoms with E-state index >= 15 is 0 Å². The number of rotatable bonds is 4. The summed E-state index contributed by atoms with van der Waals surface area (Å²) in [6.45, 7) is 14.2. The van der Waals surface area contributed by atoms with Gasteiger partial charge in [-0.1, -0.05) is 0 Å². The van der Waals surface area contributed by atoms with Crippen LogP contribution in [0.2, 0.25) is 0 Å². The summed E-state index contributed by atoms with van der Waals surface area (Å²) in [5.74, 6) is -11.4. The van der Waals surface area contributed by atoms with Gasteiger partial charge in [-0.2, -0.15) is 79.0 Å². The van der Waals surface area contributed by atoms with Gasteiger partial charge in [0.1, 0.15) is 0 Å². The highest BCUT2D eigenvalue weighted by Gasteiger charge is 2.52. The molecule has 0 atom stereocenters. The lowest BCUT2D eigenvalue weighted by Gasteiger charge is -2.23. The van der Waals surface area contributed by atoms with Crippen LogP contribution in [0, 0.1) is 69.5 Å². The molecular formula is C47H31F18I3O14. The fraction of sp³-hybridized carbons (Fsp3) is 0.319. The average molecular weight is 1540 g/mol. The third-order valence-electron chi connectivity index (χ3n) is 11.8. The number of hydrogen-bond acceptors (Lipinski definition) is 10. The topological polar surface area (TPSA) is 244 Å². The Labute approximate surface area is 484 Å². The second-order valence-corrected chi connectivity index (χ2v) is 20.0. The number of alkyl halides is 19. The molecule has 0 spiro atoms. The highest BCUT2D eigenvalue weighted by atomic mass is 127. The number of halogens is 21. The molecule has 0 saturated heterocycles. The summed E-state index contributed by atoms with van der Waals surface area (Å²) < 4.78 is 234. The predicted octanol–water partition coefficient (Wildman–Crippen LogP) is 14.4. The molecule has 6 rings (SSSR count). The van der Waals surface area contributed by atoms with Crippen LogP contribution in [0.5, 0.6) is 0 Å². The second-order valence-electron chi connectivity index (χ2n) is 16.6. The zero-order chi connectivity index (χ0) is 64.9. The number of fused-ring (bicyclic) bond motifs is 2. The van der Waals surface area contributed by atoms with Gasteiger partial charge in [-0.15, -0.1) is 0 Å². The van der Waals surface area contributed by atoms with Gasteiger partial charge >= 0.3 is 81.4 Å². The minimum absolute atomic E-state index is 0.250. The van der Waals surface area contributed by atoms with E-state index in [1.807, 2.05) is 0 Å². The molecule has 0 amide bonds. The first-order chi connectivity index (χ1) is 36.5. The quantitative estimate of drug-likeness (QED) is 0.0729. The number of aryl methyl sites for hydroxylation is 1. The molecule has 4 N–H and O–H groups in total. The highest BCUT2D eigenvalue weighted by Crippen LogP contribution is 2.46. The Morgan fingerprint density at radius 3 is 0.646 bits per heavy atom. The lowest BCUT2D eigenvalue weighted by atomic mass is 9.85. The van der Waals surface area contributed by atoms with Crippen LogP contribution in [0.4, 0.5) is 79.0 Å². The van der Waals surface area contributed by atoms with Crippen LogP contribution in [-0.4, -0.2) is 48.5 Å². The molecule has 0 fully saturated rings. The minimum atomic E-state index is -6.00. The first-order valence-electron chi connectivity index (χ1n) is 21.1. The number of furan rings is 2. The molecule has 450 valence electrons. The van der Waals surface area contributed by atoms with E-state index in [1.54, 1.807) is 0 Å². The van der Waals surface area contributed by atoms with Crippen LogP contribution in [0.15, 0.2) is 28.0 Å². The summed E-state index contributed by atoms with van der Waals surface area (Å²) in [7, 11) is 0. The maximum absolute atomic E-state index is 13.2. The Morgan fingerprint density at radius 1 is 0.317 bits per heavy atom. The Balaban J connectivity index is 0.000000372. The Bertz CT molecular complexity index is 3410. The zero-order valence-corrected chi connectivity index (χ0v) is 48.3. The maximum Gasteiger partial charge on any atom is 0.441 e. The van der Waals surface area contributed by atoms with Crippen molar-refractivity contribution in [3.8, 4) is 0 Å². The smallest absolute Gasteiger partial charge is 0.441 e. The molecule has 6 aromatic rings. The van der Waals surface area contributed by atoms with Crippen LogP contribution in [0.25, 0.3) is 21.5 Å². The van der Waals surface area contributed by atoms with E-state index in [4.69, 9.17) is 20.4 Å². The highest BCUT2D eigenvalue weighted by molar-refractivity contribution is 14.1. The lowest BCUT2D eigenvalue weighted by molar-refractivity contribution is -0.142. The molecule has 2 aromatic heterocycles. The van der Waals surface area contributed by atoms with Gasteiger partial charge in [0, 0.05) is 29.7 Å². The number of aromatic carboxylic acids is 4. The first kappa shape index (κ1) is 72.1. The molecule has 0 aliphatic heterocycles. The van der Waals surface area contributed by atoms with Gasteiger partial charge in [0.25, 0.3) is 0 Å². The molecule has 35 heteroatoms. The van der Waals surface area contributed by atoms with Gasteiger partial charge in [-0.3, -0.25) is 0 Å². The van der Waals surface area contributed by atoms with Crippen molar-refractivity contribution in [2.75, 3.05) is 0 Å². The molecule has 82 heavy (non-hydrogen) atoms. The van der Waals surface area contributed by atoms with Crippen molar-refractivity contribution < 1.29 is 127 Å². The Kier molecular flexibility index (Phi) is 22.0. The minimum Gasteiger partial charge on any atom is -0.478 e. The summed E-state index contributed by atoms with van der Waals surface area (Å²) in [5.41, 5.74) is -21.0. The van der Waals surface area contributed by atoms with E-state index < -0.39 is 153 Å². The third-order valence-corrected chi connectivity index (χ3v) is 15.0. The van der Waals surface area contributed by atoms with Gasteiger partial charge in [-0.05, 0) is 158 Å². The SMILES string of the molecule is Cc1c(C)c(C(F)(F)F)c(C)c(C)c1C(F)(F)F.Cc1c(C)c(I)c(C)c(C)c1I.Cc1c2c(=O)oc(=O)c2c(C(F)(F)F)c2c(=O)oc(=O)c12.FC(F)(F)I.O=C(O)c1c(C(=O)O)c(C(F)(F)F)c(C(=O)O)c(C(=O)O)c1C(F)(F)F. The summed E-state index contributed by atoms with van der Waals surface area (Å²) in [6.07, 6.45) is -26.4. The van der Waals surface area contributed by atoms with Crippen LogP contribution in [0.3, 0.4) is 0 Å². The number of carboxylic acids is 4. The largest absolute Gasteiger partial charge is 0.478 e. The van der Waals surface area contributed by atoms with Crippen LogP contribution < -0.4 is 22.5 Å². The van der Waals surface area contributed by atoms with E-state index in [-0.39, 0.29) is 27.8 Å². The molecule has 4 aromatic carbocycles. The van der Waals surface area contributed by atoms with Crippen molar-refractivity contribution in [1.29, 1.82) is 0 Å². The van der Waals surface area contributed by atoms with Gasteiger partial charge < -0.3 is 29.3 Å². The summed E-state index contributed by atoms with van der Waals surface area (Å²) in [4.78, 5) is 90.3. The maximum atomic E-state index is 13.2. The second kappa shape index (κ2) is 25.0. The van der Waals surface area contributed by atoms with Crippen molar-refractivity contribution in [1.82, 2.24) is 0 Å². The van der Waals surface area contributed by atoms with E-state index in [1.165, 1.54) is 29.4 Å². The lowest BCUT2D eigenvalue weighted by Crippen LogP contribution is -2.30. The summed E-state index contributed by atoms with van der Waals surface area (Å²) in [5, 5.41) is 31.8. The first-order valence-corrected chi connectivity index (χ1v) is 24.3. The van der Waals surface area contributed by atoms with Crippen molar-refractivity contribution in [2.45, 2.75) is 97.4 Å². The normalized spacial score (nSPS) is 12.1. The predicted molar refractivity (Wildman–Crippen MR) is 274 cm³/mol. The van der Waals surface area contributed by atoms with E-state index in [2.05, 4.69) is 81.7 Å². The molecule has 0 unspecified atom stereocenters. The van der Waals surface area contributed by atoms with Gasteiger partial charge in [0.05, 0.1) is 71.6 Å². The van der Waals surface area contributed by atoms with Crippen molar-refractivity contribution >= 4 is 113 Å². The van der Waals surface area contributed by atoms with Gasteiger partial charge in [0.15, 0.2) is 0 Å². The van der Waals surface area contributed by atoms with E-state index in [0.29, 0.717) is 22.6 Å². The van der Waals surface area contributed by atoms with Crippen molar-refractivity contribution in [2.24, 2.45) is 0 Å². The van der Waals surface area contributed by atoms with Crippen molar-refractivity contribution in [3.05, 3.63) is 149 Å². The van der Waals surface area contributed by atoms with Gasteiger partial charge in [0.2, 0.25) is 0 Å². The van der Waals surface area contributed by atoms with Gasteiger partial charge in [-0.25, -0.2) is 38.4 Å². The molecule has 0 radical (unpaired) electrons.